The molecule has 1 amide bonds. The Bertz CT molecular complexity index is 685. The molecule has 0 bridgehead atoms. The molecule has 0 radical (unpaired) electrons. The van der Waals surface area contributed by atoms with E-state index in [1.54, 1.807) is 12.1 Å². The monoisotopic (exact) mass is 299 g/mol. The number of carbonyl (C=O) groups is 2. The molecular weight excluding hydrogens is 286 g/mol. The van der Waals surface area contributed by atoms with E-state index in [-0.39, 0.29) is 12.5 Å². The number of ether oxygens (including phenoxy) is 1. The van der Waals surface area contributed by atoms with E-state index in [2.05, 4.69) is 5.32 Å². The van der Waals surface area contributed by atoms with Crippen molar-refractivity contribution in [2.75, 3.05) is 11.1 Å². The van der Waals surface area contributed by atoms with Gasteiger partial charge in [-0.3, -0.25) is 4.79 Å². The summed E-state index contributed by atoms with van der Waals surface area (Å²) in [5.74, 6) is -0.0427. The molecule has 1 heterocycles. The fourth-order valence-corrected chi connectivity index (χ4v) is 2.81. The Morgan fingerprint density at radius 2 is 2.00 bits per heavy atom. The van der Waals surface area contributed by atoms with E-state index in [1.165, 1.54) is 11.8 Å². The van der Waals surface area contributed by atoms with Crippen LogP contribution in [0, 0.1) is 0 Å². The van der Waals surface area contributed by atoms with Crippen LogP contribution in [0.25, 0.3) is 0 Å². The van der Waals surface area contributed by atoms with Crippen LogP contribution in [0.4, 0.5) is 5.69 Å². The van der Waals surface area contributed by atoms with Gasteiger partial charge in [-0.15, -0.1) is 11.8 Å². The van der Waals surface area contributed by atoms with Crippen LogP contribution in [0.2, 0.25) is 0 Å². The Morgan fingerprint density at radius 1 is 1.19 bits per heavy atom. The number of thioether (sulfide) groups is 1. The topological polar surface area (TPSA) is 55.4 Å². The van der Waals surface area contributed by atoms with Gasteiger partial charge in [0.15, 0.2) is 0 Å². The first-order chi connectivity index (χ1) is 10.2. The molecule has 2 aromatic rings. The van der Waals surface area contributed by atoms with Crippen LogP contribution in [-0.2, 0) is 16.1 Å². The molecule has 0 aliphatic carbocycles. The van der Waals surface area contributed by atoms with E-state index < -0.39 is 5.97 Å². The number of esters is 1. The van der Waals surface area contributed by atoms with E-state index in [9.17, 15) is 9.59 Å². The minimum Gasteiger partial charge on any atom is -0.457 e. The van der Waals surface area contributed by atoms with E-state index in [4.69, 9.17) is 4.74 Å². The average molecular weight is 299 g/mol. The maximum absolute atomic E-state index is 12.0. The van der Waals surface area contributed by atoms with Crippen molar-refractivity contribution < 1.29 is 14.3 Å². The van der Waals surface area contributed by atoms with Gasteiger partial charge in [0.2, 0.25) is 5.91 Å². The van der Waals surface area contributed by atoms with Crippen molar-refractivity contribution >= 4 is 29.3 Å². The highest BCUT2D eigenvalue weighted by atomic mass is 32.2. The zero-order valence-electron chi connectivity index (χ0n) is 11.2. The van der Waals surface area contributed by atoms with Crippen molar-refractivity contribution in [3.8, 4) is 0 Å². The number of carbonyl (C=O) groups excluding carboxylic acids is 2. The van der Waals surface area contributed by atoms with Crippen LogP contribution >= 0.6 is 11.8 Å². The second kappa shape index (κ2) is 6.01. The first kappa shape index (κ1) is 13.7. The second-order valence-electron chi connectivity index (χ2n) is 4.61. The highest BCUT2D eigenvalue weighted by Crippen LogP contribution is 2.32. The van der Waals surface area contributed by atoms with E-state index in [0.717, 1.165) is 10.5 Å². The molecule has 0 unspecified atom stereocenters. The Morgan fingerprint density at radius 3 is 2.81 bits per heavy atom. The third kappa shape index (κ3) is 3.25. The Labute approximate surface area is 126 Å². The van der Waals surface area contributed by atoms with Crippen LogP contribution in [-0.4, -0.2) is 17.6 Å². The zero-order chi connectivity index (χ0) is 14.7. The molecule has 106 valence electrons. The minimum absolute atomic E-state index is 0.0534. The summed E-state index contributed by atoms with van der Waals surface area (Å²) in [6.45, 7) is 0.234. The predicted molar refractivity (Wildman–Crippen MR) is 81.4 cm³/mol. The lowest BCUT2D eigenvalue weighted by atomic mass is 10.2. The summed E-state index contributed by atoms with van der Waals surface area (Å²) in [7, 11) is 0. The fraction of sp³-hybridized carbons (Fsp3) is 0.125. The quantitative estimate of drug-likeness (QED) is 0.885. The van der Waals surface area contributed by atoms with Gasteiger partial charge in [-0.1, -0.05) is 30.3 Å². The van der Waals surface area contributed by atoms with Crippen LogP contribution in [0.15, 0.2) is 53.4 Å². The Balaban J connectivity index is 1.70. The molecule has 0 saturated heterocycles. The summed E-state index contributed by atoms with van der Waals surface area (Å²) < 4.78 is 5.27. The molecule has 4 nitrogen and oxygen atoms in total. The first-order valence-corrected chi connectivity index (χ1v) is 7.49. The molecule has 0 fully saturated rings. The van der Waals surface area contributed by atoms with Crippen molar-refractivity contribution in [2.24, 2.45) is 0 Å². The van der Waals surface area contributed by atoms with Gasteiger partial charge in [-0.2, -0.15) is 0 Å². The van der Waals surface area contributed by atoms with Crippen molar-refractivity contribution in [3.05, 3.63) is 59.7 Å². The number of fused-ring (bicyclic) bond motifs is 1. The van der Waals surface area contributed by atoms with Crippen molar-refractivity contribution in [1.82, 2.24) is 0 Å². The van der Waals surface area contributed by atoms with Gasteiger partial charge >= 0.3 is 5.97 Å². The largest absolute Gasteiger partial charge is 0.457 e. The van der Waals surface area contributed by atoms with Crippen LogP contribution in [0.5, 0.6) is 0 Å². The molecule has 1 aliphatic rings. The molecule has 3 rings (SSSR count). The SMILES string of the molecule is O=C1CSc2ccc(C(=O)OCc3ccccc3)cc2N1. The number of hydrogen-bond donors (Lipinski definition) is 1. The van der Waals surface area contributed by atoms with E-state index >= 15 is 0 Å². The summed E-state index contributed by atoms with van der Waals surface area (Å²) >= 11 is 1.46. The van der Waals surface area contributed by atoms with Gasteiger partial charge in [0.25, 0.3) is 0 Å². The lowest BCUT2D eigenvalue weighted by molar-refractivity contribution is -0.113. The predicted octanol–water partition coefficient (Wildman–Crippen LogP) is 3.09. The van der Waals surface area contributed by atoms with Crippen LogP contribution < -0.4 is 5.32 Å². The molecule has 1 N–H and O–H groups in total. The number of hydrogen-bond acceptors (Lipinski definition) is 4. The maximum atomic E-state index is 12.0. The Hall–Kier alpha value is -2.27. The summed E-state index contributed by atoms with van der Waals surface area (Å²) in [6, 6.07) is 14.7. The zero-order valence-corrected chi connectivity index (χ0v) is 12.0. The third-order valence-electron chi connectivity index (χ3n) is 3.06. The number of anilines is 1. The van der Waals surface area contributed by atoms with E-state index in [0.29, 0.717) is 17.0 Å². The standard InChI is InChI=1S/C16H13NO3S/c18-15-10-21-14-7-6-12(8-13(14)17-15)16(19)20-9-11-4-2-1-3-5-11/h1-8H,9-10H2,(H,17,18). The molecule has 1 aliphatic heterocycles. The van der Waals surface area contributed by atoms with Gasteiger partial charge in [-0.25, -0.2) is 4.79 Å². The molecule has 0 aromatic heterocycles. The maximum Gasteiger partial charge on any atom is 0.338 e. The normalized spacial score (nSPS) is 13.2. The number of benzene rings is 2. The fourth-order valence-electron chi connectivity index (χ4n) is 2.02. The summed E-state index contributed by atoms with van der Waals surface area (Å²) in [4.78, 5) is 24.4. The van der Waals surface area contributed by atoms with Gasteiger partial charge in [0.05, 0.1) is 17.0 Å². The molecule has 5 heteroatoms. The van der Waals surface area contributed by atoms with Crippen molar-refractivity contribution in [3.63, 3.8) is 0 Å². The summed E-state index contributed by atoms with van der Waals surface area (Å²) in [5.41, 5.74) is 2.05. The molecule has 0 spiro atoms. The second-order valence-corrected chi connectivity index (χ2v) is 5.63. The van der Waals surface area contributed by atoms with Crippen LogP contribution in [0.1, 0.15) is 15.9 Å². The van der Waals surface area contributed by atoms with Crippen molar-refractivity contribution in [2.45, 2.75) is 11.5 Å². The number of rotatable bonds is 3. The van der Waals surface area contributed by atoms with E-state index in [1.807, 2.05) is 36.4 Å². The minimum atomic E-state index is -0.397. The van der Waals surface area contributed by atoms with Crippen molar-refractivity contribution in [1.29, 1.82) is 0 Å². The summed E-state index contributed by atoms with van der Waals surface area (Å²) in [6.07, 6.45) is 0. The molecular formula is C16H13NO3S. The number of nitrogens with one attached hydrogen (secondary N) is 1. The molecule has 0 atom stereocenters. The Kier molecular flexibility index (Phi) is 3.92. The number of amides is 1. The first-order valence-electron chi connectivity index (χ1n) is 6.50. The van der Waals surface area contributed by atoms with Gasteiger partial charge in [-0.05, 0) is 23.8 Å². The molecule has 21 heavy (non-hydrogen) atoms. The molecule has 0 saturated carbocycles. The lowest BCUT2D eigenvalue weighted by Crippen LogP contribution is -2.19. The van der Waals surface area contributed by atoms with Gasteiger partial charge in [0.1, 0.15) is 6.61 Å². The average Bonchev–Trinajstić information content (AvgIpc) is 2.53. The smallest absolute Gasteiger partial charge is 0.338 e. The highest BCUT2D eigenvalue weighted by Gasteiger charge is 2.17. The van der Waals surface area contributed by atoms with Gasteiger partial charge in [0, 0.05) is 4.90 Å². The molecule has 2 aromatic carbocycles. The lowest BCUT2D eigenvalue weighted by Gasteiger charge is -2.16. The van der Waals surface area contributed by atoms with Gasteiger partial charge < -0.3 is 10.1 Å². The van der Waals surface area contributed by atoms with Crippen LogP contribution in [0.3, 0.4) is 0 Å². The summed E-state index contributed by atoms with van der Waals surface area (Å²) in [5, 5.41) is 2.76. The third-order valence-corrected chi connectivity index (χ3v) is 4.13. The highest BCUT2D eigenvalue weighted by molar-refractivity contribution is 8.00.